The van der Waals surface area contributed by atoms with Crippen LogP contribution in [0, 0.1) is 5.92 Å². The van der Waals surface area contributed by atoms with Crippen molar-refractivity contribution in [1.29, 1.82) is 0 Å². The Morgan fingerprint density at radius 3 is 2.06 bits per heavy atom. The second kappa shape index (κ2) is 16.7. The Morgan fingerprint density at radius 2 is 1.40 bits per heavy atom. The second-order valence-electron chi connectivity index (χ2n) is 10.9. The minimum Gasteiger partial charge on any atom is -0.236 e. The third kappa shape index (κ3) is 10.3. The third-order valence-corrected chi connectivity index (χ3v) is 8.03. The van der Waals surface area contributed by atoms with E-state index in [0.29, 0.717) is 0 Å². The van der Waals surface area contributed by atoms with Gasteiger partial charge in [0.15, 0.2) is 5.82 Å². The molecule has 1 fully saturated rings. The van der Waals surface area contributed by atoms with Crippen LogP contribution in [-0.4, -0.2) is 9.97 Å². The van der Waals surface area contributed by atoms with E-state index in [2.05, 4.69) is 53.8 Å². The number of hydrogen-bond donors (Lipinski definition) is 0. The number of nitrogens with zero attached hydrogens (tertiary/aromatic N) is 2. The quantitative estimate of drug-likeness (QED) is 0.168. The van der Waals surface area contributed by atoms with Crippen LogP contribution in [0.25, 0.3) is 11.4 Å². The van der Waals surface area contributed by atoms with Crippen molar-refractivity contribution in [2.45, 2.75) is 128 Å². The summed E-state index contributed by atoms with van der Waals surface area (Å²) < 4.78 is 0. The number of allylic oxidation sites excluding steroid dienone is 1. The largest absolute Gasteiger partial charge is 0.236 e. The SMILES string of the molecule is C=CCCCCCC1CCC(c2ccc(-c3ncc(CCCCCCCCCC)cn3)cc2)CC1. The highest BCUT2D eigenvalue weighted by molar-refractivity contribution is 5.55. The summed E-state index contributed by atoms with van der Waals surface area (Å²) in [5, 5.41) is 0. The van der Waals surface area contributed by atoms with E-state index >= 15 is 0 Å². The topological polar surface area (TPSA) is 25.8 Å². The molecule has 2 nitrogen and oxygen atoms in total. The van der Waals surface area contributed by atoms with Crippen molar-refractivity contribution in [3.8, 4) is 11.4 Å². The first kappa shape index (κ1) is 27.6. The zero-order valence-corrected chi connectivity index (χ0v) is 22.5. The van der Waals surface area contributed by atoms with E-state index in [1.54, 1.807) is 0 Å². The number of benzene rings is 1. The van der Waals surface area contributed by atoms with Crippen molar-refractivity contribution in [2.75, 3.05) is 0 Å². The molecular weight excluding hydrogens is 424 g/mol. The van der Waals surface area contributed by atoms with Crippen LogP contribution in [-0.2, 0) is 6.42 Å². The number of aromatic nitrogens is 2. The van der Waals surface area contributed by atoms with Gasteiger partial charge in [0.1, 0.15) is 0 Å². The Morgan fingerprint density at radius 1 is 0.771 bits per heavy atom. The predicted molar refractivity (Wildman–Crippen MR) is 152 cm³/mol. The van der Waals surface area contributed by atoms with Gasteiger partial charge in [0.25, 0.3) is 0 Å². The Labute approximate surface area is 216 Å². The normalized spacial score (nSPS) is 18.0. The molecule has 3 rings (SSSR count). The maximum Gasteiger partial charge on any atom is 0.159 e. The average Bonchev–Trinajstić information content (AvgIpc) is 2.91. The maximum absolute atomic E-state index is 4.68. The molecule has 0 saturated heterocycles. The van der Waals surface area contributed by atoms with Crippen molar-refractivity contribution < 1.29 is 0 Å². The number of unbranched alkanes of at least 4 members (excludes halogenated alkanes) is 10. The lowest BCUT2D eigenvalue weighted by Crippen LogP contribution is -2.13. The summed E-state index contributed by atoms with van der Waals surface area (Å²) in [6, 6.07) is 9.12. The molecule has 0 bridgehead atoms. The van der Waals surface area contributed by atoms with Gasteiger partial charge in [-0.3, -0.25) is 0 Å². The first-order valence-electron chi connectivity index (χ1n) is 14.8. The summed E-state index contributed by atoms with van der Waals surface area (Å²) in [7, 11) is 0. The lowest BCUT2D eigenvalue weighted by atomic mass is 9.77. The number of hydrogen-bond acceptors (Lipinski definition) is 2. The third-order valence-electron chi connectivity index (χ3n) is 8.03. The number of rotatable bonds is 17. The Bertz CT molecular complexity index is 800. The number of aryl methyl sites for hydroxylation is 1. The standard InChI is InChI=1S/C33H50N2/c1-3-5-7-9-10-11-13-15-17-29-26-34-33(35-27-29)32-24-22-31(23-25-32)30-20-18-28(19-21-30)16-14-12-8-6-4-2/h4,22-28,30H,2-3,5-21H2,1H3. The summed E-state index contributed by atoms with van der Waals surface area (Å²) in [4.78, 5) is 9.36. The smallest absolute Gasteiger partial charge is 0.159 e. The molecule has 2 heteroatoms. The molecular formula is C33H50N2. The molecule has 1 aromatic carbocycles. The molecule has 0 spiro atoms. The van der Waals surface area contributed by atoms with Crippen LogP contribution >= 0.6 is 0 Å². The zero-order valence-electron chi connectivity index (χ0n) is 22.5. The Kier molecular flexibility index (Phi) is 13.2. The van der Waals surface area contributed by atoms with E-state index in [4.69, 9.17) is 0 Å². The minimum atomic E-state index is 0.732. The molecule has 1 saturated carbocycles. The maximum atomic E-state index is 4.68. The predicted octanol–water partition coefficient (Wildman–Crippen LogP) is 10.2. The van der Waals surface area contributed by atoms with Gasteiger partial charge < -0.3 is 0 Å². The van der Waals surface area contributed by atoms with Gasteiger partial charge >= 0.3 is 0 Å². The second-order valence-corrected chi connectivity index (χ2v) is 10.9. The molecule has 2 aromatic rings. The average molecular weight is 475 g/mol. The van der Waals surface area contributed by atoms with Crippen LogP contribution in [0.1, 0.15) is 133 Å². The van der Waals surface area contributed by atoms with E-state index in [0.717, 1.165) is 29.6 Å². The van der Waals surface area contributed by atoms with Crippen LogP contribution in [0.3, 0.4) is 0 Å². The zero-order chi connectivity index (χ0) is 24.6. The fourth-order valence-electron chi connectivity index (χ4n) is 5.68. The molecule has 0 atom stereocenters. The van der Waals surface area contributed by atoms with Gasteiger partial charge in [-0.1, -0.05) is 101 Å². The summed E-state index contributed by atoms with van der Waals surface area (Å²) in [6.07, 6.45) is 30.3. The molecule has 1 aliphatic carbocycles. The summed E-state index contributed by atoms with van der Waals surface area (Å²) in [5.41, 5.74) is 3.92. The molecule has 1 aliphatic rings. The monoisotopic (exact) mass is 474 g/mol. The molecule has 0 amide bonds. The Balaban J connectivity index is 1.35. The van der Waals surface area contributed by atoms with E-state index < -0.39 is 0 Å². The van der Waals surface area contributed by atoms with E-state index in [-0.39, 0.29) is 0 Å². The summed E-state index contributed by atoms with van der Waals surface area (Å²) in [5.74, 6) is 2.54. The van der Waals surface area contributed by atoms with Crippen molar-refractivity contribution in [3.63, 3.8) is 0 Å². The molecule has 35 heavy (non-hydrogen) atoms. The van der Waals surface area contributed by atoms with Crippen molar-refractivity contribution >= 4 is 0 Å². The summed E-state index contributed by atoms with van der Waals surface area (Å²) in [6.45, 7) is 6.11. The van der Waals surface area contributed by atoms with Gasteiger partial charge in [-0.25, -0.2) is 9.97 Å². The van der Waals surface area contributed by atoms with Gasteiger partial charge in [-0.05, 0) is 74.3 Å². The van der Waals surface area contributed by atoms with Crippen LogP contribution < -0.4 is 0 Å². The fourth-order valence-corrected chi connectivity index (χ4v) is 5.68. The van der Waals surface area contributed by atoms with Crippen molar-refractivity contribution in [3.05, 3.63) is 60.4 Å². The van der Waals surface area contributed by atoms with Crippen molar-refractivity contribution in [2.24, 2.45) is 5.92 Å². The molecule has 0 N–H and O–H groups in total. The lowest BCUT2D eigenvalue weighted by molar-refractivity contribution is 0.302. The molecule has 1 aromatic heterocycles. The minimum absolute atomic E-state index is 0.732. The van der Waals surface area contributed by atoms with Crippen LogP contribution in [0.15, 0.2) is 49.3 Å². The first-order valence-corrected chi connectivity index (χ1v) is 14.8. The van der Waals surface area contributed by atoms with Gasteiger partial charge in [0, 0.05) is 18.0 Å². The molecule has 0 aliphatic heterocycles. The summed E-state index contributed by atoms with van der Waals surface area (Å²) >= 11 is 0. The van der Waals surface area contributed by atoms with Gasteiger partial charge in [0.2, 0.25) is 0 Å². The van der Waals surface area contributed by atoms with Crippen molar-refractivity contribution in [1.82, 2.24) is 9.97 Å². The lowest BCUT2D eigenvalue weighted by Gasteiger charge is -2.29. The van der Waals surface area contributed by atoms with Gasteiger partial charge in [-0.2, -0.15) is 0 Å². The van der Waals surface area contributed by atoms with E-state index in [1.807, 2.05) is 12.4 Å². The van der Waals surface area contributed by atoms with Gasteiger partial charge in [0.05, 0.1) is 0 Å². The van der Waals surface area contributed by atoms with E-state index in [9.17, 15) is 0 Å². The molecule has 0 radical (unpaired) electrons. The first-order chi connectivity index (χ1) is 17.3. The van der Waals surface area contributed by atoms with Crippen LogP contribution in [0.5, 0.6) is 0 Å². The molecule has 192 valence electrons. The van der Waals surface area contributed by atoms with Gasteiger partial charge in [-0.15, -0.1) is 6.58 Å². The fraction of sp³-hybridized carbons (Fsp3) is 0.636. The highest BCUT2D eigenvalue weighted by Crippen LogP contribution is 2.38. The van der Waals surface area contributed by atoms with Crippen LogP contribution in [0.2, 0.25) is 0 Å². The highest BCUT2D eigenvalue weighted by Gasteiger charge is 2.22. The van der Waals surface area contributed by atoms with E-state index in [1.165, 1.54) is 120 Å². The molecule has 0 unspecified atom stereocenters. The molecule has 1 heterocycles. The van der Waals surface area contributed by atoms with Crippen LogP contribution in [0.4, 0.5) is 0 Å². The Hall–Kier alpha value is -1.96. The highest BCUT2D eigenvalue weighted by atomic mass is 14.9.